The highest BCUT2D eigenvalue weighted by atomic mass is 19.1. The molecule has 0 N–H and O–H groups in total. The van der Waals surface area contributed by atoms with Gasteiger partial charge in [-0.3, -0.25) is 0 Å². The molecule has 3 nitrogen and oxygen atoms in total. The third-order valence-electron chi connectivity index (χ3n) is 15.2. The average Bonchev–Trinajstić information content (AvgIpc) is 3.94. The molecule has 0 spiro atoms. The van der Waals surface area contributed by atoms with Gasteiger partial charge in [0.05, 0.1) is 16.7 Å². The third-order valence-corrected chi connectivity index (χ3v) is 15.2. The lowest BCUT2D eigenvalue weighted by Gasteiger charge is -2.31. The minimum absolute atomic E-state index is 0.126. The van der Waals surface area contributed by atoms with Crippen molar-refractivity contribution in [3.8, 4) is 39.1 Å². The Labute approximate surface area is 409 Å². The van der Waals surface area contributed by atoms with E-state index in [4.69, 9.17) is 0 Å². The average molecular weight is 904 g/mol. The van der Waals surface area contributed by atoms with Crippen LogP contribution < -0.4 is 9.80 Å². The first-order chi connectivity index (χ1) is 34.1. The summed E-state index contributed by atoms with van der Waals surface area (Å²) in [4.78, 5) is 4.63. The molecular weight excluding hydrogens is 854 g/mol. The fourth-order valence-electron chi connectivity index (χ4n) is 11.8. The van der Waals surface area contributed by atoms with E-state index in [0.717, 1.165) is 62.0 Å². The second-order valence-corrected chi connectivity index (χ2v) is 19.9. The van der Waals surface area contributed by atoms with Crippen LogP contribution in [0.15, 0.2) is 231 Å². The number of anilines is 6. The highest BCUT2D eigenvalue weighted by molar-refractivity contribution is 6.11. The molecule has 0 amide bonds. The Kier molecular flexibility index (Phi) is 9.41. The summed E-state index contributed by atoms with van der Waals surface area (Å²) in [6.45, 7) is 9.37. The summed E-state index contributed by atoms with van der Waals surface area (Å²) in [5, 5.41) is 2.35. The lowest BCUT2D eigenvalue weighted by atomic mass is 9.82. The van der Waals surface area contributed by atoms with Gasteiger partial charge in [0.25, 0.3) is 0 Å². The highest BCUT2D eigenvalue weighted by Gasteiger charge is 2.37. The van der Waals surface area contributed by atoms with Crippen LogP contribution in [0.5, 0.6) is 0 Å². The van der Waals surface area contributed by atoms with Gasteiger partial charge in [0.15, 0.2) is 0 Å². The van der Waals surface area contributed by atoms with Crippen LogP contribution in [0.3, 0.4) is 0 Å². The van der Waals surface area contributed by atoms with Crippen LogP contribution in [0.2, 0.25) is 0 Å². The van der Waals surface area contributed by atoms with Crippen molar-refractivity contribution in [3.63, 3.8) is 0 Å². The number of rotatable bonds is 8. The summed E-state index contributed by atoms with van der Waals surface area (Å²) in [6, 6.07) is 82.1. The predicted molar refractivity (Wildman–Crippen MR) is 291 cm³/mol. The molecule has 13 rings (SSSR count). The SMILES string of the molecule is CC1(C)c2ccccc2-c2ccc(N(c3ccccc3)c3ccc(N(c4ccccc4)c4ccc(F)cc4)c(-c4ccc5c(c4)c4ccccc4n5-c4ccc5c(c4)C(C)(C)c4ccccc4-5)c3)cc21. The van der Waals surface area contributed by atoms with Gasteiger partial charge in [-0.05, 0) is 159 Å². The van der Waals surface area contributed by atoms with Crippen LogP contribution in [0.1, 0.15) is 49.9 Å². The Hall–Kier alpha value is -8.47. The van der Waals surface area contributed by atoms with E-state index in [2.05, 4.69) is 242 Å². The van der Waals surface area contributed by atoms with Gasteiger partial charge >= 0.3 is 0 Å². The molecule has 1 heterocycles. The fraction of sp³-hybridized carbons (Fsp3) is 0.0909. The normalized spacial score (nSPS) is 13.7. The van der Waals surface area contributed by atoms with Crippen LogP contribution in [0, 0.1) is 5.82 Å². The van der Waals surface area contributed by atoms with Crippen molar-refractivity contribution in [3.05, 3.63) is 259 Å². The maximum atomic E-state index is 14.7. The molecule has 11 aromatic rings. The molecule has 0 aliphatic heterocycles. The van der Waals surface area contributed by atoms with Crippen LogP contribution in [0.25, 0.3) is 60.9 Å². The number of halogens is 1. The van der Waals surface area contributed by atoms with Crippen molar-refractivity contribution in [2.45, 2.75) is 38.5 Å². The number of para-hydroxylation sites is 3. The Balaban J connectivity index is 1.03. The second kappa shape index (κ2) is 15.8. The van der Waals surface area contributed by atoms with Crippen LogP contribution >= 0.6 is 0 Å². The quantitative estimate of drug-likeness (QED) is 0.151. The molecule has 1 aromatic heterocycles. The maximum absolute atomic E-state index is 14.7. The number of hydrogen-bond acceptors (Lipinski definition) is 2. The summed E-state index contributed by atoms with van der Waals surface area (Å²) < 4.78 is 17.1. The van der Waals surface area contributed by atoms with Gasteiger partial charge in [0.2, 0.25) is 0 Å². The molecule has 2 aliphatic rings. The van der Waals surface area contributed by atoms with E-state index in [1.54, 1.807) is 12.1 Å². The van der Waals surface area contributed by atoms with Crippen LogP contribution in [-0.4, -0.2) is 4.57 Å². The smallest absolute Gasteiger partial charge is 0.123 e. The Morgan fingerprint density at radius 1 is 0.343 bits per heavy atom. The molecule has 2 aliphatic carbocycles. The number of benzene rings is 10. The van der Waals surface area contributed by atoms with E-state index in [1.807, 2.05) is 18.2 Å². The van der Waals surface area contributed by atoms with Gasteiger partial charge in [-0.1, -0.05) is 149 Å². The van der Waals surface area contributed by atoms with Gasteiger partial charge in [0, 0.05) is 61.3 Å². The van der Waals surface area contributed by atoms with E-state index < -0.39 is 0 Å². The Bertz CT molecular complexity index is 3850. The summed E-state index contributed by atoms with van der Waals surface area (Å²) in [7, 11) is 0. The predicted octanol–water partition coefficient (Wildman–Crippen LogP) is 18.1. The van der Waals surface area contributed by atoms with Crippen molar-refractivity contribution >= 4 is 55.9 Å². The minimum Gasteiger partial charge on any atom is -0.310 e. The number of fused-ring (bicyclic) bond motifs is 9. The van der Waals surface area contributed by atoms with Gasteiger partial charge in [-0.15, -0.1) is 0 Å². The lowest BCUT2D eigenvalue weighted by Crippen LogP contribution is -2.17. The van der Waals surface area contributed by atoms with Crippen molar-refractivity contribution in [2.24, 2.45) is 0 Å². The zero-order chi connectivity index (χ0) is 47.3. The third kappa shape index (κ3) is 6.40. The van der Waals surface area contributed by atoms with E-state index >= 15 is 0 Å². The van der Waals surface area contributed by atoms with Crippen molar-refractivity contribution in [1.29, 1.82) is 0 Å². The maximum Gasteiger partial charge on any atom is 0.123 e. The van der Waals surface area contributed by atoms with Crippen LogP contribution in [-0.2, 0) is 10.8 Å². The van der Waals surface area contributed by atoms with Gasteiger partial charge in [-0.2, -0.15) is 0 Å². The van der Waals surface area contributed by atoms with Crippen LogP contribution in [0.4, 0.5) is 38.5 Å². The van der Waals surface area contributed by atoms with Gasteiger partial charge in [-0.25, -0.2) is 4.39 Å². The van der Waals surface area contributed by atoms with E-state index in [0.29, 0.717) is 0 Å². The summed E-state index contributed by atoms with van der Waals surface area (Å²) in [5.74, 6) is -0.273. The largest absolute Gasteiger partial charge is 0.310 e. The zero-order valence-electron chi connectivity index (χ0n) is 39.7. The topological polar surface area (TPSA) is 11.4 Å². The molecule has 10 aromatic carbocycles. The lowest BCUT2D eigenvalue weighted by molar-refractivity contribution is 0.628. The van der Waals surface area contributed by atoms with E-state index in [1.165, 1.54) is 55.3 Å². The number of hydrogen-bond donors (Lipinski definition) is 0. The number of aromatic nitrogens is 1. The van der Waals surface area contributed by atoms with Gasteiger partial charge < -0.3 is 14.4 Å². The molecule has 0 bridgehead atoms. The summed E-state index contributed by atoms with van der Waals surface area (Å²) in [5.41, 5.74) is 21.8. The van der Waals surface area contributed by atoms with Gasteiger partial charge in [0.1, 0.15) is 5.82 Å². The molecule has 0 radical (unpaired) electrons. The Morgan fingerprint density at radius 2 is 0.843 bits per heavy atom. The summed E-state index contributed by atoms with van der Waals surface area (Å²) in [6.07, 6.45) is 0. The first kappa shape index (κ1) is 41.7. The van der Waals surface area contributed by atoms with Crippen molar-refractivity contribution in [1.82, 2.24) is 4.57 Å². The molecule has 0 atom stereocenters. The number of nitrogens with zero attached hydrogens (tertiary/aromatic N) is 3. The highest BCUT2D eigenvalue weighted by Crippen LogP contribution is 2.53. The molecule has 0 unspecified atom stereocenters. The Morgan fingerprint density at radius 3 is 1.53 bits per heavy atom. The first-order valence-corrected chi connectivity index (χ1v) is 24.3. The minimum atomic E-state index is -0.273. The molecule has 4 heteroatoms. The standard InChI is InChI=1S/C66H50FN3/c1-65(2)58-24-14-11-21-51(58)53-35-32-49(41-60(53)65)68(45-17-7-5-8-18-45)48-34-38-63(69(46-19-9-6-10-20-46)47-30-28-44(67)29-31-47)56(40-48)43-27-37-64-57(39-43)55-23-13-16-26-62(55)70(64)50-33-36-54-52-22-12-15-25-59(52)66(3,4)61(54)42-50/h5-42H,1-4H3. The van der Waals surface area contributed by atoms with E-state index in [9.17, 15) is 4.39 Å². The molecule has 70 heavy (non-hydrogen) atoms. The zero-order valence-corrected chi connectivity index (χ0v) is 39.7. The molecule has 0 fully saturated rings. The van der Waals surface area contributed by atoms with Crippen molar-refractivity contribution in [2.75, 3.05) is 9.80 Å². The summed E-state index contributed by atoms with van der Waals surface area (Å²) >= 11 is 0. The molecule has 336 valence electrons. The first-order valence-electron chi connectivity index (χ1n) is 24.3. The monoisotopic (exact) mass is 903 g/mol. The van der Waals surface area contributed by atoms with Crippen molar-refractivity contribution < 1.29 is 4.39 Å². The molecule has 0 saturated heterocycles. The molecule has 0 saturated carbocycles. The fourth-order valence-corrected chi connectivity index (χ4v) is 11.8. The second-order valence-electron chi connectivity index (χ2n) is 19.9. The van der Waals surface area contributed by atoms with E-state index in [-0.39, 0.29) is 16.6 Å². The molecular formula is C66H50FN3.